The van der Waals surface area contributed by atoms with Gasteiger partial charge in [0.15, 0.2) is 0 Å². The number of hydrogen-bond acceptors (Lipinski definition) is 3. The van der Waals surface area contributed by atoms with E-state index >= 15 is 0 Å². The molecule has 2 rings (SSSR count). The highest BCUT2D eigenvalue weighted by atomic mass is 15.3. The second-order valence-electron chi connectivity index (χ2n) is 3.20. The molecular formula is C7H12N4. The van der Waals surface area contributed by atoms with Crippen molar-refractivity contribution >= 4 is 0 Å². The standard InChI is InChI=1S/C7H12N4/c1-5-2-6(8)3-11-7(5)9-4-10-11/h4-6H,2-3,8H2,1H3. The Labute approximate surface area is 65.4 Å². The van der Waals surface area contributed by atoms with Crippen LogP contribution in [-0.4, -0.2) is 20.8 Å². The summed E-state index contributed by atoms with van der Waals surface area (Å²) in [6.07, 6.45) is 2.63. The van der Waals surface area contributed by atoms with Gasteiger partial charge in [0.25, 0.3) is 0 Å². The van der Waals surface area contributed by atoms with E-state index in [-0.39, 0.29) is 6.04 Å². The lowest BCUT2D eigenvalue weighted by molar-refractivity contribution is 0.382. The normalized spacial score (nSPS) is 30.0. The van der Waals surface area contributed by atoms with Gasteiger partial charge in [-0.1, -0.05) is 6.92 Å². The molecule has 1 aliphatic rings. The van der Waals surface area contributed by atoms with E-state index in [2.05, 4.69) is 17.0 Å². The molecule has 1 aromatic rings. The highest BCUT2D eigenvalue weighted by Crippen LogP contribution is 2.22. The quantitative estimate of drug-likeness (QED) is 0.574. The minimum atomic E-state index is 0.249. The van der Waals surface area contributed by atoms with E-state index in [1.165, 1.54) is 0 Å². The van der Waals surface area contributed by atoms with Gasteiger partial charge in [-0.25, -0.2) is 9.67 Å². The summed E-state index contributed by atoms with van der Waals surface area (Å²) in [4.78, 5) is 4.17. The predicted octanol–water partition coefficient (Wildman–Crippen LogP) is 0.113. The first kappa shape index (κ1) is 6.79. The van der Waals surface area contributed by atoms with Gasteiger partial charge in [-0.3, -0.25) is 0 Å². The van der Waals surface area contributed by atoms with Crippen molar-refractivity contribution in [3.8, 4) is 0 Å². The maximum Gasteiger partial charge on any atom is 0.138 e. The zero-order valence-corrected chi connectivity index (χ0v) is 6.57. The van der Waals surface area contributed by atoms with Gasteiger partial charge in [0, 0.05) is 12.0 Å². The van der Waals surface area contributed by atoms with E-state index in [9.17, 15) is 0 Å². The van der Waals surface area contributed by atoms with Crippen LogP contribution in [0, 0.1) is 0 Å². The van der Waals surface area contributed by atoms with Crippen LogP contribution in [0.2, 0.25) is 0 Å². The summed E-state index contributed by atoms with van der Waals surface area (Å²) in [7, 11) is 0. The minimum absolute atomic E-state index is 0.249. The number of fused-ring (bicyclic) bond motifs is 1. The SMILES string of the molecule is CC1CC(N)Cn2ncnc21. The Balaban J connectivity index is 2.36. The molecule has 0 aliphatic carbocycles. The van der Waals surface area contributed by atoms with Gasteiger partial charge in [-0.2, -0.15) is 5.10 Å². The molecule has 0 amide bonds. The summed E-state index contributed by atoms with van der Waals surface area (Å²) < 4.78 is 1.90. The van der Waals surface area contributed by atoms with E-state index < -0.39 is 0 Å². The van der Waals surface area contributed by atoms with Gasteiger partial charge in [0.1, 0.15) is 12.2 Å². The van der Waals surface area contributed by atoms with Crippen molar-refractivity contribution in [3.63, 3.8) is 0 Å². The average molecular weight is 152 g/mol. The van der Waals surface area contributed by atoms with Crippen molar-refractivity contribution in [2.24, 2.45) is 5.73 Å². The van der Waals surface area contributed by atoms with Crippen LogP contribution in [0.4, 0.5) is 0 Å². The Morgan fingerprint density at radius 2 is 2.55 bits per heavy atom. The number of nitrogens with two attached hydrogens (primary N) is 1. The molecule has 0 saturated carbocycles. The van der Waals surface area contributed by atoms with E-state index in [1.807, 2.05) is 4.68 Å². The van der Waals surface area contributed by atoms with E-state index in [0.29, 0.717) is 5.92 Å². The number of hydrogen-bond donors (Lipinski definition) is 1. The second kappa shape index (κ2) is 2.30. The lowest BCUT2D eigenvalue weighted by atomic mass is 9.98. The molecule has 4 nitrogen and oxygen atoms in total. The molecule has 0 fully saturated rings. The van der Waals surface area contributed by atoms with Crippen molar-refractivity contribution in [1.29, 1.82) is 0 Å². The molecule has 2 atom stereocenters. The first-order valence-corrected chi connectivity index (χ1v) is 3.90. The van der Waals surface area contributed by atoms with Gasteiger partial charge in [-0.15, -0.1) is 0 Å². The summed E-state index contributed by atoms with van der Waals surface area (Å²) in [5.74, 6) is 1.54. The Morgan fingerprint density at radius 3 is 3.36 bits per heavy atom. The van der Waals surface area contributed by atoms with Crippen molar-refractivity contribution in [3.05, 3.63) is 12.2 Å². The zero-order valence-electron chi connectivity index (χ0n) is 6.57. The van der Waals surface area contributed by atoms with Crippen LogP contribution in [0.25, 0.3) is 0 Å². The first-order chi connectivity index (χ1) is 5.27. The lowest BCUT2D eigenvalue weighted by Crippen LogP contribution is -2.34. The molecule has 2 heterocycles. The molecule has 1 aromatic heterocycles. The molecule has 2 N–H and O–H groups in total. The highest BCUT2D eigenvalue weighted by Gasteiger charge is 2.22. The summed E-state index contributed by atoms with van der Waals surface area (Å²) in [6, 6.07) is 0.249. The molecule has 0 radical (unpaired) electrons. The number of rotatable bonds is 0. The summed E-state index contributed by atoms with van der Waals surface area (Å²) >= 11 is 0. The van der Waals surface area contributed by atoms with Crippen LogP contribution < -0.4 is 5.73 Å². The fraction of sp³-hybridized carbons (Fsp3) is 0.714. The third-order valence-corrected chi connectivity index (χ3v) is 2.15. The summed E-state index contributed by atoms with van der Waals surface area (Å²) in [5.41, 5.74) is 5.81. The van der Waals surface area contributed by atoms with Gasteiger partial charge in [0.05, 0.1) is 6.54 Å². The molecule has 0 spiro atoms. The molecule has 60 valence electrons. The molecule has 1 aliphatic heterocycles. The molecule has 2 unspecified atom stereocenters. The molecule has 4 heteroatoms. The van der Waals surface area contributed by atoms with E-state index in [4.69, 9.17) is 5.73 Å². The third-order valence-electron chi connectivity index (χ3n) is 2.15. The van der Waals surface area contributed by atoms with Crippen LogP contribution in [0.1, 0.15) is 25.1 Å². The Hall–Kier alpha value is -0.900. The number of aromatic nitrogens is 3. The molecule has 0 bridgehead atoms. The largest absolute Gasteiger partial charge is 0.326 e. The molecule has 0 aromatic carbocycles. The van der Waals surface area contributed by atoms with E-state index in [1.54, 1.807) is 6.33 Å². The van der Waals surface area contributed by atoms with E-state index in [0.717, 1.165) is 18.8 Å². The van der Waals surface area contributed by atoms with Crippen LogP contribution in [0.5, 0.6) is 0 Å². The monoisotopic (exact) mass is 152 g/mol. The fourth-order valence-electron chi connectivity index (χ4n) is 1.65. The maximum atomic E-state index is 5.81. The van der Waals surface area contributed by atoms with Crippen molar-refractivity contribution in [1.82, 2.24) is 14.8 Å². The smallest absolute Gasteiger partial charge is 0.138 e. The highest BCUT2D eigenvalue weighted by molar-refractivity contribution is 4.99. The van der Waals surface area contributed by atoms with Crippen LogP contribution in [0.15, 0.2) is 6.33 Å². The second-order valence-corrected chi connectivity index (χ2v) is 3.20. The third kappa shape index (κ3) is 1.03. The Morgan fingerprint density at radius 1 is 1.73 bits per heavy atom. The lowest BCUT2D eigenvalue weighted by Gasteiger charge is -2.23. The van der Waals surface area contributed by atoms with Gasteiger partial charge < -0.3 is 5.73 Å². The Bertz CT molecular complexity index is 255. The fourth-order valence-corrected chi connectivity index (χ4v) is 1.65. The average Bonchev–Trinajstić information content (AvgIpc) is 2.34. The number of nitrogens with zero attached hydrogens (tertiary/aromatic N) is 3. The summed E-state index contributed by atoms with van der Waals surface area (Å²) in [5, 5.41) is 4.08. The Kier molecular flexibility index (Phi) is 1.42. The first-order valence-electron chi connectivity index (χ1n) is 3.90. The molecule has 0 saturated heterocycles. The maximum absolute atomic E-state index is 5.81. The van der Waals surface area contributed by atoms with Crippen LogP contribution in [-0.2, 0) is 6.54 Å². The predicted molar refractivity (Wildman–Crippen MR) is 41.0 cm³/mol. The van der Waals surface area contributed by atoms with Gasteiger partial charge >= 0.3 is 0 Å². The van der Waals surface area contributed by atoms with Crippen molar-refractivity contribution < 1.29 is 0 Å². The minimum Gasteiger partial charge on any atom is -0.326 e. The van der Waals surface area contributed by atoms with Crippen molar-refractivity contribution in [2.45, 2.75) is 31.8 Å². The summed E-state index contributed by atoms with van der Waals surface area (Å²) in [6.45, 7) is 2.96. The topological polar surface area (TPSA) is 56.7 Å². The van der Waals surface area contributed by atoms with Gasteiger partial charge in [-0.05, 0) is 6.42 Å². The zero-order chi connectivity index (χ0) is 7.84. The van der Waals surface area contributed by atoms with Gasteiger partial charge in [0.2, 0.25) is 0 Å². The molecule has 11 heavy (non-hydrogen) atoms. The van der Waals surface area contributed by atoms with Crippen LogP contribution >= 0.6 is 0 Å². The molecular weight excluding hydrogens is 140 g/mol. The van der Waals surface area contributed by atoms with Crippen molar-refractivity contribution in [2.75, 3.05) is 0 Å². The van der Waals surface area contributed by atoms with Crippen LogP contribution in [0.3, 0.4) is 0 Å².